The van der Waals surface area contributed by atoms with E-state index in [-0.39, 0.29) is 12.3 Å². The van der Waals surface area contributed by atoms with Gasteiger partial charge in [0.05, 0.1) is 7.11 Å². The molecular formula is C12H13NO3. The maximum atomic E-state index is 9.99. The lowest BCUT2D eigenvalue weighted by molar-refractivity contribution is 0.160. The van der Waals surface area contributed by atoms with Gasteiger partial charge in [0.25, 0.3) is 0 Å². The Labute approximate surface area is 93.0 Å². The lowest BCUT2D eigenvalue weighted by Gasteiger charge is -2.09. The molecule has 0 saturated carbocycles. The average Bonchev–Trinajstić information content (AvgIpc) is 2.32. The first kappa shape index (κ1) is 10.7. The van der Waals surface area contributed by atoms with E-state index in [0.29, 0.717) is 10.9 Å². The minimum Gasteiger partial charge on any atom is -0.507 e. The number of nitrogens with one attached hydrogen (secondary N) is 1. The molecule has 0 unspecified atom stereocenters. The lowest BCUT2D eigenvalue weighted by Crippen LogP contribution is -2.06. The van der Waals surface area contributed by atoms with Crippen LogP contribution in [0.25, 0.3) is 10.8 Å². The first-order valence-electron chi connectivity index (χ1n) is 4.92. The van der Waals surface area contributed by atoms with Gasteiger partial charge in [-0.15, -0.1) is 0 Å². The number of rotatable bonds is 3. The van der Waals surface area contributed by atoms with E-state index in [0.717, 1.165) is 11.1 Å². The van der Waals surface area contributed by atoms with Crippen molar-refractivity contribution in [1.82, 2.24) is 5.48 Å². The highest BCUT2D eigenvalue weighted by Gasteiger charge is 2.08. The van der Waals surface area contributed by atoms with Crippen molar-refractivity contribution in [3.63, 3.8) is 0 Å². The Morgan fingerprint density at radius 3 is 2.69 bits per heavy atom. The molecule has 0 aliphatic rings. The topological polar surface area (TPSA) is 61.7 Å². The molecule has 0 saturated heterocycles. The van der Waals surface area contributed by atoms with E-state index in [1.165, 1.54) is 0 Å². The van der Waals surface area contributed by atoms with Gasteiger partial charge in [-0.1, -0.05) is 24.3 Å². The molecule has 84 valence electrons. The van der Waals surface area contributed by atoms with Crippen molar-refractivity contribution in [2.45, 2.75) is 6.54 Å². The molecule has 0 radical (unpaired) electrons. The van der Waals surface area contributed by atoms with Gasteiger partial charge in [-0.25, -0.2) is 5.48 Å². The monoisotopic (exact) mass is 219 g/mol. The second-order valence-corrected chi connectivity index (χ2v) is 3.46. The number of phenols is 1. The van der Waals surface area contributed by atoms with Gasteiger partial charge in [0, 0.05) is 22.9 Å². The summed E-state index contributed by atoms with van der Waals surface area (Å²) in [7, 11) is 1.59. The van der Waals surface area contributed by atoms with E-state index in [1.807, 2.05) is 29.7 Å². The summed E-state index contributed by atoms with van der Waals surface area (Å²) < 4.78 is 5.21. The van der Waals surface area contributed by atoms with Crippen LogP contribution in [-0.4, -0.2) is 17.4 Å². The number of benzene rings is 2. The van der Waals surface area contributed by atoms with Crippen LogP contribution in [-0.2, 0) is 6.54 Å². The highest BCUT2D eigenvalue weighted by molar-refractivity contribution is 5.93. The van der Waals surface area contributed by atoms with Crippen LogP contribution < -0.4 is 10.2 Å². The van der Waals surface area contributed by atoms with E-state index in [1.54, 1.807) is 13.2 Å². The second-order valence-electron chi connectivity index (χ2n) is 3.46. The maximum absolute atomic E-state index is 9.99. The summed E-state index contributed by atoms with van der Waals surface area (Å²) in [4.78, 5) is 0. The van der Waals surface area contributed by atoms with Gasteiger partial charge >= 0.3 is 0 Å². The van der Waals surface area contributed by atoms with Gasteiger partial charge in [-0.3, -0.25) is 0 Å². The molecule has 2 aromatic carbocycles. The third-order valence-corrected chi connectivity index (χ3v) is 2.57. The summed E-state index contributed by atoms with van der Waals surface area (Å²) in [6, 6.07) is 9.08. The molecule has 0 aliphatic carbocycles. The Balaban J connectivity index is 2.66. The van der Waals surface area contributed by atoms with E-state index >= 15 is 0 Å². The fraction of sp³-hybridized carbons (Fsp3) is 0.167. The summed E-state index contributed by atoms with van der Waals surface area (Å²) in [5.74, 6) is 0.884. The normalized spacial score (nSPS) is 10.6. The number of aromatic hydroxyl groups is 1. The zero-order valence-electron chi connectivity index (χ0n) is 8.90. The smallest absolute Gasteiger partial charge is 0.128 e. The Morgan fingerprint density at radius 2 is 2.00 bits per heavy atom. The highest BCUT2D eigenvalue weighted by atomic mass is 16.5. The predicted octanol–water partition coefficient (Wildman–Crippen LogP) is 2.03. The Morgan fingerprint density at radius 1 is 1.19 bits per heavy atom. The molecule has 2 aromatic rings. The second kappa shape index (κ2) is 4.38. The van der Waals surface area contributed by atoms with Crippen LogP contribution in [0.1, 0.15) is 5.56 Å². The van der Waals surface area contributed by atoms with Crippen molar-refractivity contribution in [2.24, 2.45) is 0 Å². The Hall–Kier alpha value is -1.78. The first-order chi connectivity index (χ1) is 7.77. The van der Waals surface area contributed by atoms with Crippen LogP contribution in [0.4, 0.5) is 0 Å². The molecule has 0 aliphatic heterocycles. The third-order valence-electron chi connectivity index (χ3n) is 2.57. The number of hydroxylamine groups is 1. The number of ether oxygens (including phenoxy) is 1. The Kier molecular flexibility index (Phi) is 2.94. The van der Waals surface area contributed by atoms with Gasteiger partial charge in [-0.05, 0) is 6.07 Å². The van der Waals surface area contributed by atoms with Crippen LogP contribution in [0, 0.1) is 0 Å². The summed E-state index contributed by atoms with van der Waals surface area (Å²) in [5.41, 5.74) is 2.67. The first-order valence-corrected chi connectivity index (χ1v) is 4.92. The van der Waals surface area contributed by atoms with Crippen molar-refractivity contribution in [3.8, 4) is 11.5 Å². The van der Waals surface area contributed by atoms with Gasteiger partial charge in [0.1, 0.15) is 11.5 Å². The van der Waals surface area contributed by atoms with Gasteiger partial charge in [-0.2, -0.15) is 0 Å². The van der Waals surface area contributed by atoms with Crippen LogP contribution in [0.3, 0.4) is 0 Å². The van der Waals surface area contributed by atoms with Crippen LogP contribution >= 0.6 is 0 Å². The van der Waals surface area contributed by atoms with Crippen molar-refractivity contribution in [3.05, 3.63) is 35.9 Å². The number of fused-ring (bicyclic) bond motifs is 1. The van der Waals surface area contributed by atoms with Gasteiger partial charge in [0.2, 0.25) is 0 Å². The fourth-order valence-corrected chi connectivity index (χ4v) is 1.76. The molecule has 2 rings (SSSR count). The number of hydrogen-bond donors (Lipinski definition) is 3. The van der Waals surface area contributed by atoms with Crippen molar-refractivity contribution in [2.75, 3.05) is 7.11 Å². The largest absolute Gasteiger partial charge is 0.507 e. The SMILES string of the molecule is COc1cccc2c(O)c(CNO)ccc12. The predicted molar refractivity (Wildman–Crippen MR) is 60.8 cm³/mol. The number of phenolic OH excluding ortho intramolecular Hbond substituents is 1. The zero-order chi connectivity index (χ0) is 11.5. The molecule has 0 aromatic heterocycles. The van der Waals surface area contributed by atoms with Crippen LogP contribution in [0.5, 0.6) is 11.5 Å². The minimum atomic E-state index is 0.165. The Bertz CT molecular complexity index is 511. The average molecular weight is 219 g/mol. The molecule has 16 heavy (non-hydrogen) atoms. The third kappa shape index (κ3) is 1.68. The highest BCUT2D eigenvalue weighted by Crippen LogP contribution is 2.33. The molecule has 3 N–H and O–H groups in total. The minimum absolute atomic E-state index is 0.165. The maximum Gasteiger partial charge on any atom is 0.128 e. The summed E-state index contributed by atoms with van der Waals surface area (Å²) in [6.07, 6.45) is 0. The lowest BCUT2D eigenvalue weighted by atomic mass is 10.0. The quantitative estimate of drug-likeness (QED) is 0.691. The van der Waals surface area contributed by atoms with Crippen molar-refractivity contribution in [1.29, 1.82) is 0 Å². The van der Waals surface area contributed by atoms with E-state index in [2.05, 4.69) is 0 Å². The molecule has 0 fully saturated rings. The summed E-state index contributed by atoms with van der Waals surface area (Å²) in [6.45, 7) is 0.207. The van der Waals surface area contributed by atoms with E-state index in [4.69, 9.17) is 9.94 Å². The zero-order valence-corrected chi connectivity index (χ0v) is 8.90. The molecule has 0 bridgehead atoms. The van der Waals surface area contributed by atoms with Crippen molar-refractivity contribution < 1.29 is 15.1 Å². The molecule has 4 heteroatoms. The summed E-state index contributed by atoms with van der Waals surface area (Å²) >= 11 is 0. The number of hydrogen-bond acceptors (Lipinski definition) is 4. The molecule has 0 amide bonds. The molecule has 4 nitrogen and oxygen atoms in total. The van der Waals surface area contributed by atoms with Gasteiger partial charge in [0.15, 0.2) is 0 Å². The summed E-state index contributed by atoms with van der Waals surface area (Å²) in [5, 5.41) is 20.2. The van der Waals surface area contributed by atoms with E-state index in [9.17, 15) is 5.11 Å². The van der Waals surface area contributed by atoms with Crippen LogP contribution in [0.15, 0.2) is 30.3 Å². The van der Waals surface area contributed by atoms with E-state index < -0.39 is 0 Å². The number of methoxy groups -OCH3 is 1. The van der Waals surface area contributed by atoms with Gasteiger partial charge < -0.3 is 15.1 Å². The van der Waals surface area contributed by atoms with Crippen molar-refractivity contribution >= 4 is 10.8 Å². The fourth-order valence-electron chi connectivity index (χ4n) is 1.76. The molecule has 0 heterocycles. The standard InChI is InChI=1S/C12H13NO3/c1-16-11-4-2-3-10-9(11)6-5-8(7-13-15)12(10)14/h2-6,13-15H,7H2,1H3. The molecule has 0 spiro atoms. The molecular weight excluding hydrogens is 206 g/mol. The molecule has 0 atom stereocenters. The van der Waals surface area contributed by atoms with Crippen LogP contribution in [0.2, 0.25) is 0 Å².